The van der Waals surface area contributed by atoms with Crippen LogP contribution in [0.25, 0.3) is 23.3 Å². The monoisotopic (exact) mass is 428 g/mol. The van der Waals surface area contributed by atoms with Crippen molar-refractivity contribution < 1.29 is 14.2 Å². The van der Waals surface area contributed by atoms with Crippen molar-refractivity contribution in [2.24, 2.45) is 0 Å². The highest BCUT2D eigenvalue weighted by molar-refractivity contribution is 5.76. The SMILES string of the molecule is CCCn1c(=O)c2[nH]c(/C=C/c3ccc(OCOC)c(OC)c3)nc2n(CCC)c1=O. The molecule has 0 aliphatic rings. The van der Waals surface area contributed by atoms with Crippen molar-refractivity contribution in [3.8, 4) is 11.5 Å². The van der Waals surface area contributed by atoms with Crippen molar-refractivity contribution in [3.63, 3.8) is 0 Å². The molecule has 0 aliphatic heterocycles. The predicted molar refractivity (Wildman–Crippen MR) is 120 cm³/mol. The van der Waals surface area contributed by atoms with Crippen LogP contribution in [0, 0.1) is 0 Å². The highest BCUT2D eigenvalue weighted by Gasteiger charge is 2.16. The summed E-state index contributed by atoms with van der Waals surface area (Å²) in [6, 6.07) is 5.48. The van der Waals surface area contributed by atoms with E-state index < -0.39 is 0 Å². The van der Waals surface area contributed by atoms with E-state index in [0.717, 1.165) is 12.0 Å². The molecule has 3 aromatic rings. The van der Waals surface area contributed by atoms with Gasteiger partial charge in [-0.2, -0.15) is 0 Å². The van der Waals surface area contributed by atoms with E-state index in [0.29, 0.717) is 48.0 Å². The number of aromatic amines is 1. The van der Waals surface area contributed by atoms with Crippen LogP contribution in [0.5, 0.6) is 11.5 Å². The number of hydrogen-bond donors (Lipinski definition) is 1. The van der Waals surface area contributed by atoms with Crippen LogP contribution in [0.3, 0.4) is 0 Å². The lowest BCUT2D eigenvalue weighted by Crippen LogP contribution is -2.40. The number of aromatic nitrogens is 4. The van der Waals surface area contributed by atoms with Gasteiger partial charge < -0.3 is 19.2 Å². The maximum atomic E-state index is 12.8. The topological polar surface area (TPSA) is 100 Å². The zero-order valence-electron chi connectivity index (χ0n) is 18.3. The maximum Gasteiger partial charge on any atom is 0.332 e. The molecule has 0 fully saturated rings. The molecule has 0 saturated heterocycles. The van der Waals surface area contributed by atoms with Crippen LogP contribution in [0.15, 0.2) is 27.8 Å². The van der Waals surface area contributed by atoms with Crippen molar-refractivity contribution in [3.05, 3.63) is 50.4 Å². The summed E-state index contributed by atoms with van der Waals surface area (Å²) >= 11 is 0. The highest BCUT2D eigenvalue weighted by atomic mass is 16.7. The van der Waals surface area contributed by atoms with Crippen LogP contribution >= 0.6 is 0 Å². The van der Waals surface area contributed by atoms with Gasteiger partial charge in [0.2, 0.25) is 0 Å². The number of methoxy groups -OCH3 is 2. The lowest BCUT2D eigenvalue weighted by atomic mass is 10.2. The highest BCUT2D eigenvalue weighted by Crippen LogP contribution is 2.28. The molecule has 2 heterocycles. The number of ether oxygens (including phenoxy) is 3. The van der Waals surface area contributed by atoms with E-state index in [1.807, 2.05) is 32.1 Å². The van der Waals surface area contributed by atoms with E-state index in [2.05, 4.69) is 9.97 Å². The third-order valence-electron chi connectivity index (χ3n) is 4.73. The maximum absolute atomic E-state index is 12.8. The minimum Gasteiger partial charge on any atom is -0.493 e. The summed E-state index contributed by atoms with van der Waals surface area (Å²) in [7, 11) is 3.12. The quantitative estimate of drug-likeness (QED) is 0.499. The normalized spacial score (nSPS) is 11.5. The van der Waals surface area contributed by atoms with E-state index >= 15 is 0 Å². The molecule has 1 N–H and O–H groups in total. The number of fused-ring (bicyclic) bond motifs is 1. The van der Waals surface area contributed by atoms with Crippen LogP contribution in [-0.4, -0.2) is 40.1 Å². The van der Waals surface area contributed by atoms with Crippen LogP contribution in [0.2, 0.25) is 0 Å². The second kappa shape index (κ2) is 10.1. The van der Waals surface area contributed by atoms with Crippen LogP contribution in [0.4, 0.5) is 0 Å². The lowest BCUT2D eigenvalue weighted by Gasteiger charge is -2.10. The third kappa shape index (κ3) is 4.72. The second-order valence-corrected chi connectivity index (χ2v) is 7.01. The number of hydrogen-bond acceptors (Lipinski definition) is 6. The van der Waals surface area contributed by atoms with Gasteiger partial charge >= 0.3 is 5.69 Å². The summed E-state index contributed by atoms with van der Waals surface area (Å²) in [5.41, 5.74) is 0.908. The van der Waals surface area contributed by atoms with Gasteiger partial charge in [-0.15, -0.1) is 0 Å². The number of benzene rings is 1. The first-order valence-electron chi connectivity index (χ1n) is 10.2. The molecule has 0 radical (unpaired) electrons. The smallest absolute Gasteiger partial charge is 0.332 e. The first-order valence-corrected chi connectivity index (χ1v) is 10.2. The van der Waals surface area contributed by atoms with Crippen LogP contribution in [-0.2, 0) is 17.8 Å². The molecule has 2 aromatic heterocycles. The Kier molecular flexibility index (Phi) is 7.30. The zero-order chi connectivity index (χ0) is 22.4. The van der Waals surface area contributed by atoms with E-state index in [1.165, 1.54) is 4.57 Å². The molecule has 0 spiro atoms. The van der Waals surface area contributed by atoms with Gasteiger partial charge in [-0.05, 0) is 36.6 Å². The Labute approximate surface area is 179 Å². The largest absolute Gasteiger partial charge is 0.493 e. The number of nitrogens with zero attached hydrogens (tertiary/aromatic N) is 3. The molecule has 0 saturated carbocycles. The molecule has 0 amide bonds. The summed E-state index contributed by atoms with van der Waals surface area (Å²) in [4.78, 5) is 33.1. The minimum atomic E-state index is -0.345. The van der Waals surface area contributed by atoms with E-state index in [1.54, 1.807) is 30.9 Å². The summed E-state index contributed by atoms with van der Waals surface area (Å²) in [6.45, 7) is 4.90. The van der Waals surface area contributed by atoms with Gasteiger partial charge in [0.05, 0.1) is 7.11 Å². The third-order valence-corrected chi connectivity index (χ3v) is 4.73. The number of imidazole rings is 1. The van der Waals surface area contributed by atoms with Gasteiger partial charge in [-0.1, -0.05) is 26.0 Å². The summed E-state index contributed by atoms with van der Waals surface area (Å²) < 4.78 is 18.6. The van der Waals surface area contributed by atoms with Crippen molar-refractivity contribution in [1.82, 2.24) is 19.1 Å². The Morgan fingerprint density at radius 2 is 1.77 bits per heavy atom. The fraction of sp³-hybridized carbons (Fsp3) is 0.409. The fourth-order valence-corrected chi connectivity index (χ4v) is 3.31. The molecule has 9 heteroatoms. The molecular formula is C22H28N4O5. The Morgan fingerprint density at radius 3 is 2.45 bits per heavy atom. The number of rotatable bonds is 10. The molecule has 1 aromatic carbocycles. The van der Waals surface area contributed by atoms with Gasteiger partial charge in [-0.25, -0.2) is 9.78 Å². The molecule has 3 rings (SSSR count). The Morgan fingerprint density at radius 1 is 1.03 bits per heavy atom. The summed E-state index contributed by atoms with van der Waals surface area (Å²) in [6.07, 6.45) is 5.05. The van der Waals surface area contributed by atoms with Gasteiger partial charge in [0.1, 0.15) is 11.3 Å². The van der Waals surface area contributed by atoms with Crippen molar-refractivity contribution in [2.45, 2.75) is 39.8 Å². The Balaban J connectivity index is 1.99. The molecule has 0 atom stereocenters. The average molecular weight is 428 g/mol. The number of aryl methyl sites for hydroxylation is 1. The van der Waals surface area contributed by atoms with Crippen LogP contribution in [0.1, 0.15) is 38.1 Å². The standard InChI is InChI=1S/C22H28N4O5/c1-5-11-25-20-19(21(27)26(12-6-2)22(25)28)23-18(24-20)10-8-15-7-9-16(31-14-29-3)17(13-15)30-4/h7-10,13H,5-6,11-12,14H2,1-4H3,(H,23,24)/b10-8+. The molecule has 0 aliphatic carbocycles. The van der Waals surface area contributed by atoms with Crippen LogP contribution < -0.4 is 20.7 Å². The average Bonchev–Trinajstić information content (AvgIpc) is 3.21. The van der Waals surface area contributed by atoms with E-state index in [4.69, 9.17) is 14.2 Å². The minimum absolute atomic E-state index is 0.125. The molecule has 166 valence electrons. The Bertz CT molecular complexity index is 1190. The van der Waals surface area contributed by atoms with Crippen molar-refractivity contribution in [1.29, 1.82) is 0 Å². The first kappa shape index (κ1) is 22.4. The van der Waals surface area contributed by atoms with Gasteiger partial charge in [-0.3, -0.25) is 13.9 Å². The molecular weight excluding hydrogens is 400 g/mol. The first-order chi connectivity index (χ1) is 15.0. The molecule has 31 heavy (non-hydrogen) atoms. The van der Waals surface area contributed by atoms with Crippen molar-refractivity contribution in [2.75, 3.05) is 21.0 Å². The van der Waals surface area contributed by atoms with E-state index in [9.17, 15) is 9.59 Å². The van der Waals surface area contributed by atoms with Crippen molar-refractivity contribution >= 4 is 23.3 Å². The Hall–Kier alpha value is -3.33. The predicted octanol–water partition coefficient (Wildman–Crippen LogP) is 2.87. The van der Waals surface area contributed by atoms with Gasteiger partial charge in [0.25, 0.3) is 5.56 Å². The fourth-order valence-electron chi connectivity index (χ4n) is 3.31. The lowest BCUT2D eigenvalue weighted by molar-refractivity contribution is 0.0491. The number of nitrogens with one attached hydrogen (secondary N) is 1. The molecule has 9 nitrogen and oxygen atoms in total. The molecule has 0 unspecified atom stereocenters. The zero-order valence-corrected chi connectivity index (χ0v) is 18.3. The summed E-state index contributed by atoms with van der Waals surface area (Å²) in [5.74, 6) is 1.64. The van der Waals surface area contributed by atoms with E-state index in [-0.39, 0.29) is 18.0 Å². The number of H-pyrrole nitrogens is 1. The van der Waals surface area contributed by atoms with Gasteiger partial charge in [0, 0.05) is 20.2 Å². The van der Waals surface area contributed by atoms with Gasteiger partial charge in [0.15, 0.2) is 23.9 Å². The molecule has 0 bridgehead atoms. The summed E-state index contributed by atoms with van der Waals surface area (Å²) in [5, 5.41) is 0. The second-order valence-electron chi connectivity index (χ2n) is 7.01.